The summed E-state index contributed by atoms with van der Waals surface area (Å²) in [4.78, 5) is 18.8. The van der Waals surface area contributed by atoms with Gasteiger partial charge in [0.1, 0.15) is 6.04 Å². The molecule has 0 radical (unpaired) electrons. The Bertz CT molecular complexity index is 964. The van der Waals surface area contributed by atoms with Gasteiger partial charge in [-0.05, 0) is 42.8 Å². The Morgan fingerprint density at radius 3 is 2.41 bits per heavy atom. The Kier molecular flexibility index (Phi) is 6.27. The van der Waals surface area contributed by atoms with Gasteiger partial charge in [0, 0.05) is 45.8 Å². The van der Waals surface area contributed by atoms with Gasteiger partial charge in [-0.3, -0.25) is 20.5 Å². The maximum absolute atomic E-state index is 13.3. The van der Waals surface area contributed by atoms with Gasteiger partial charge in [0.25, 0.3) is 5.91 Å². The molecule has 1 aromatic heterocycles. The van der Waals surface area contributed by atoms with Gasteiger partial charge < -0.3 is 4.90 Å². The number of piperazine rings is 1. The molecule has 1 atom stereocenters. The molecule has 1 unspecified atom stereocenters. The zero-order chi connectivity index (χ0) is 20.4. The molecule has 152 valence electrons. The maximum Gasteiger partial charge on any atom is 0.261 e. The SMILES string of the molecule is CN1CCN(C(C(=O)NNc2cc(Cl)cc(Cl)c2)c2cc3ccccc3s2)CC1. The smallest absolute Gasteiger partial charge is 0.261 e. The molecule has 2 heterocycles. The minimum atomic E-state index is -0.358. The lowest BCUT2D eigenvalue weighted by molar-refractivity contribution is -0.126. The second-order valence-corrected chi connectivity index (χ2v) is 9.19. The lowest BCUT2D eigenvalue weighted by Crippen LogP contribution is -2.50. The Hall–Kier alpha value is -1.83. The van der Waals surface area contributed by atoms with E-state index >= 15 is 0 Å². The third-order valence-corrected chi connectivity index (χ3v) is 6.66. The summed E-state index contributed by atoms with van der Waals surface area (Å²) in [7, 11) is 2.11. The van der Waals surface area contributed by atoms with Gasteiger partial charge in [0.15, 0.2) is 0 Å². The van der Waals surface area contributed by atoms with Crippen LogP contribution in [0.2, 0.25) is 10.0 Å². The fraction of sp³-hybridized carbons (Fsp3) is 0.286. The fourth-order valence-corrected chi connectivity index (χ4v) is 5.25. The summed E-state index contributed by atoms with van der Waals surface area (Å²) in [5, 5.41) is 2.18. The molecule has 0 saturated carbocycles. The molecule has 1 aliphatic rings. The van der Waals surface area contributed by atoms with Crippen molar-refractivity contribution < 1.29 is 4.79 Å². The van der Waals surface area contributed by atoms with Crippen LogP contribution in [0.1, 0.15) is 10.9 Å². The lowest BCUT2D eigenvalue weighted by Gasteiger charge is -2.36. The number of fused-ring (bicyclic) bond motifs is 1. The number of hydrazine groups is 1. The monoisotopic (exact) mass is 448 g/mol. The summed E-state index contributed by atoms with van der Waals surface area (Å²) in [6.45, 7) is 3.55. The molecule has 29 heavy (non-hydrogen) atoms. The summed E-state index contributed by atoms with van der Waals surface area (Å²) in [5.41, 5.74) is 6.45. The minimum Gasteiger partial charge on any atom is -0.304 e. The predicted molar refractivity (Wildman–Crippen MR) is 122 cm³/mol. The van der Waals surface area contributed by atoms with E-state index < -0.39 is 0 Å². The van der Waals surface area contributed by atoms with E-state index in [0.29, 0.717) is 15.7 Å². The normalized spacial score (nSPS) is 16.7. The first-order chi connectivity index (χ1) is 14.0. The van der Waals surface area contributed by atoms with E-state index in [1.165, 1.54) is 4.70 Å². The molecule has 3 aromatic rings. The first-order valence-corrected chi connectivity index (χ1v) is 11.0. The predicted octanol–water partition coefficient (Wildman–Crippen LogP) is 4.64. The summed E-state index contributed by atoms with van der Waals surface area (Å²) in [6, 6.07) is 15.1. The Balaban J connectivity index is 1.57. The van der Waals surface area contributed by atoms with E-state index in [4.69, 9.17) is 23.2 Å². The van der Waals surface area contributed by atoms with Crippen LogP contribution in [0.15, 0.2) is 48.5 Å². The zero-order valence-corrected chi connectivity index (χ0v) is 18.3. The second-order valence-electron chi connectivity index (χ2n) is 7.20. The molecule has 5 nitrogen and oxygen atoms in total. The Morgan fingerprint density at radius 1 is 1.03 bits per heavy atom. The van der Waals surface area contributed by atoms with E-state index in [0.717, 1.165) is 36.4 Å². The van der Waals surface area contributed by atoms with E-state index in [9.17, 15) is 4.79 Å². The fourth-order valence-electron chi connectivity index (χ4n) is 3.52. The number of nitrogens with zero attached hydrogens (tertiary/aromatic N) is 2. The number of thiophene rings is 1. The highest BCUT2D eigenvalue weighted by Gasteiger charge is 2.31. The second kappa shape index (κ2) is 8.90. The van der Waals surface area contributed by atoms with Crippen LogP contribution in [0.3, 0.4) is 0 Å². The molecule has 8 heteroatoms. The van der Waals surface area contributed by atoms with E-state index in [2.05, 4.69) is 45.9 Å². The number of carbonyl (C=O) groups excluding carboxylic acids is 1. The van der Waals surface area contributed by atoms with E-state index in [1.54, 1.807) is 29.5 Å². The van der Waals surface area contributed by atoms with Crippen molar-refractivity contribution in [2.24, 2.45) is 0 Å². The average molecular weight is 449 g/mol. The summed E-state index contributed by atoms with van der Waals surface area (Å²) < 4.78 is 1.18. The number of hydrogen-bond donors (Lipinski definition) is 2. The molecule has 1 saturated heterocycles. The van der Waals surface area contributed by atoms with Crippen LogP contribution < -0.4 is 10.9 Å². The molecular formula is C21H22Cl2N4OS. The number of rotatable bonds is 5. The van der Waals surface area contributed by atoms with E-state index in [-0.39, 0.29) is 11.9 Å². The number of benzene rings is 2. The van der Waals surface area contributed by atoms with Gasteiger partial charge in [-0.2, -0.15) is 0 Å². The van der Waals surface area contributed by atoms with Crippen molar-refractivity contribution in [2.75, 3.05) is 38.7 Å². The molecule has 4 rings (SSSR count). The van der Waals surface area contributed by atoms with Crippen LogP contribution in [0.25, 0.3) is 10.1 Å². The number of carbonyl (C=O) groups is 1. The van der Waals surface area contributed by atoms with Gasteiger partial charge >= 0.3 is 0 Å². The Labute approximate surface area is 184 Å². The van der Waals surface area contributed by atoms with Crippen LogP contribution in [-0.2, 0) is 4.79 Å². The third-order valence-electron chi connectivity index (χ3n) is 5.06. The maximum atomic E-state index is 13.3. The van der Waals surface area contributed by atoms with Crippen LogP contribution in [-0.4, -0.2) is 48.9 Å². The minimum absolute atomic E-state index is 0.0998. The van der Waals surface area contributed by atoms with Gasteiger partial charge in [-0.15, -0.1) is 11.3 Å². The molecule has 1 fully saturated rings. The van der Waals surface area contributed by atoms with Crippen molar-refractivity contribution in [3.63, 3.8) is 0 Å². The highest BCUT2D eigenvalue weighted by atomic mass is 35.5. The van der Waals surface area contributed by atoms with Crippen LogP contribution >= 0.6 is 34.5 Å². The number of nitrogens with one attached hydrogen (secondary N) is 2. The zero-order valence-electron chi connectivity index (χ0n) is 16.0. The molecule has 2 aromatic carbocycles. The molecule has 0 spiro atoms. The van der Waals surface area contributed by atoms with Crippen LogP contribution in [0.5, 0.6) is 0 Å². The van der Waals surface area contributed by atoms with Crippen molar-refractivity contribution in [2.45, 2.75) is 6.04 Å². The standard InChI is InChI=1S/C21H22Cl2N4OS/c1-26-6-8-27(9-7-26)20(19-10-14-4-2-3-5-18(14)29-19)21(28)25-24-17-12-15(22)11-16(23)13-17/h2-5,10-13,20,24H,6-9H2,1H3,(H,25,28). The molecule has 1 amide bonds. The van der Waals surface area contributed by atoms with Gasteiger partial charge in [0.2, 0.25) is 0 Å². The van der Waals surface area contributed by atoms with Crippen molar-refractivity contribution in [1.29, 1.82) is 0 Å². The first-order valence-electron chi connectivity index (χ1n) is 9.42. The number of anilines is 1. The lowest BCUT2D eigenvalue weighted by atomic mass is 10.1. The summed E-state index contributed by atoms with van der Waals surface area (Å²) >= 11 is 13.8. The topological polar surface area (TPSA) is 47.6 Å². The summed E-state index contributed by atoms with van der Waals surface area (Å²) in [5.74, 6) is -0.0998. The highest BCUT2D eigenvalue weighted by Crippen LogP contribution is 2.33. The highest BCUT2D eigenvalue weighted by molar-refractivity contribution is 7.19. The van der Waals surface area contributed by atoms with Crippen molar-refractivity contribution in [1.82, 2.24) is 15.2 Å². The first kappa shape index (κ1) is 20.4. The van der Waals surface area contributed by atoms with Crippen LogP contribution in [0.4, 0.5) is 5.69 Å². The van der Waals surface area contributed by atoms with Gasteiger partial charge in [-0.25, -0.2) is 0 Å². The largest absolute Gasteiger partial charge is 0.304 e. The quantitative estimate of drug-likeness (QED) is 0.558. The molecular weight excluding hydrogens is 427 g/mol. The Morgan fingerprint density at radius 2 is 1.72 bits per heavy atom. The van der Waals surface area contributed by atoms with Crippen molar-refractivity contribution >= 4 is 56.2 Å². The van der Waals surface area contributed by atoms with Gasteiger partial charge in [-0.1, -0.05) is 41.4 Å². The van der Waals surface area contributed by atoms with Crippen molar-refractivity contribution in [3.05, 3.63) is 63.5 Å². The van der Waals surface area contributed by atoms with E-state index in [1.807, 2.05) is 12.1 Å². The summed E-state index contributed by atoms with van der Waals surface area (Å²) in [6.07, 6.45) is 0. The number of amides is 1. The van der Waals surface area contributed by atoms with Gasteiger partial charge in [0.05, 0.1) is 5.69 Å². The number of likely N-dealkylation sites (N-methyl/N-ethyl adjacent to an activating group) is 1. The molecule has 2 N–H and O–H groups in total. The number of halogens is 2. The third kappa shape index (κ3) is 4.85. The molecule has 0 bridgehead atoms. The average Bonchev–Trinajstić information content (AvgIpc) is 3.11. The number of hydrogen-bond acceptors (Lipinski definition) is 5. The van der Waals surface area contributed by atoms with Crippen LogP contribution in [0, 0.1) is 0 Å². The van der Waals surface area contributed by atoms with Crippen molar-refractivity contribution in [3.8, 4) is 0 Å². The molecule has 1 aliphatic heterocycles. The molecule has 0 aliphatic carbocycles.